The molecule has 2 saturated heterocycles. The van der Waals surface area contributed by atoms with Crippen LogP contribution in [0.5, 0.6) is 0 Å². The molecule has 2 fully saturated rings. The normalized spacial score (nSPS) is 40.1. The smallest absolute Gasteiger partial charge is 0.211 e. The average Bonchev–Trinajstić information content (AvgIpc) is 2.83. The van der Waals surface area contributed by atoms with Gasteiger partial charge in [0.15, 0.2) is 12.6 Å². The summed E-state index contributed by atoms with van der Waals surface area (Å²) in [5, 5.41) is 89.4. The largest absolute Gasteiger partial charge is 0.394 e. The third kappa shape index (κ3) is 7.66. The van der Waals surface area contributed by atoms with Crippen molar-refractivity contribution in [1.29, 1.82) is 0 Å². The number of hydrogen-bond donors (Lipinski definition) is 10. The van der Waals surface area contributed by atoms with E-state index in [1.54, 1.807) is 0 Å². The van der Waals surface area contributed by atoms with E-state index in [9.17, 15) is 40.9 Å². The lowest BCUT2D eigenvalue weighted by Crippen LogP contribution is -2.65. The molecule has 208 valence electrons. The summed E-state index contributed by atoms with van der Waals surface area (Å²) in [5.41, 5.74) is 5.40. The molecule has 17 heteroatoms. The molecule has 0 saturated carbocycles. The maximum Gasteiger partial charge on any atom is 0.211 e. The molecule has 2 aliphatic heterocycles. The van der Waals surface area contributed by atoms with E-state index in [0.717, 1.165) is 0 Å². The van der Waals surface area contributed by atoms with E-state index in [1.807, 2.05) is 0 Å². The van der Waals surface area contributed by atoms with Gasteiger partial charge in [-0.1, -0.05) is 0 Å². The zero-order valence-electron chi connectivity index (χ0n) is 18.8. The second kappa shape index (κ2) is 14.3. The van der Waals surface area contributed by atoms with E-state index < -0.39 is 100 Å². The first-order valence-corrected chi connectivity index (χ1v) is 10.6. The second-order valence-corrected chi connectivity index (χ2v) is 7.83. The summed E-state index contributed by atoms with van der Waals surface area (Å²) in [6, 6.07) is 0. The zero-order valence-corrected chi connectivity index (χ0v) is 18.8. The van der Waals surface area contributed by atoms with Gasteiger partial charge >= 0.3 is 0 Å². The lowest BCUT2D eigenvalue weighted by atomic mass is 9.96. The third-order valence-corrected chi connectivity index (χ3v) is 5.31. The molecule has 0 spiro atoms. The van der Waals surface area contributed by atoms with Crippen LogP contribution in [0.2, 0.25) is 0 Å². The molecule has 2 heterocycles. The summed E-state index contributed by atoms with van der Waals surface area (Å²) < 4.78 is 36.3. The summed E-state index contributed by atoms with van der Waals surface area (Å²) in [4.78, 5) is 0. The molecule has 2 rings (SSSR count). The van der Waals surface area contributed by atoms with Crippen LogP contribution in [-0.4, -0.2) is 160 Å². The van der Waals surface area contributed by atoms with Crippen molar-refractivity contribution in [3.8, 4) is 0 Å². The van der Waals surface area contributed by atoms with Crippen LogP contribution in [0, 0.1) is 0 Å². The number of ether oxygens (including phenoxy) is 7. The highest BCUT2D eigenvalue weighted by Gasteiger charge is 2.52. The van der Waals surface area contributed by atoms with Gasteiger partial charge in [0.2, 0.25) is 12.6 Å². The Labute approximate surface area is 199 Å². The van der Waals surface area contributed by atoms with E-state index >= 15 is 0 Å². The Bertz CT molecular complexity index is 603. The quantitative estimate of drug-likeness (QED) is 0.101. The average molecular weight is 521 g/mol. The van der Waals surface area contributed by atoms with Crippen molar-refractivity contribution in [2.75, 3.05) is 33.7 Å². The highest BCUT2D eigenvalue weighted by atomic mass is 16.8. The van der Waals surface area contributed by atoms with Gasteiger partial charge in [-0.2, -0.15) is 0 Å². The summed E-state index contributed by atoms with van der Waals surface area (Å²) in [5.74, 6) is 0. The van der Waals surface area contributed by atoms with Crippen LogP contribution in [0.1, 0.15) is 0 Å². The van der Waals surface area contributed by atoms with Crippen molar-refractivity contribution >= 4 is 0 Å². The Morgan fingerprint density at radius 3 is 1.89 bits per heavy atom. The highest BCUT2D eigenvalue weighted by molar-refractivity contribution is 4.95. The molecular formula is C18H35NO16. The SMILES string of the molecule is COCOC1OC(CO)C(O)C(OC2OC(CO)C(O)C(OC(OC(N)CO)C(O)O)C2O)C1O. The van der Waals surface area contributed by atoms with Crippen LogP contribution in [0.25, 0.3) is 0 Å². The van der Waals surface area contributed by atoms with E-state index in [4.69, 9.17) is 44.0 Å². The molecular weight excluding hydrogens is 486 g/mol. The number of nitrogens with two attached hydrogens (primary N) is 1. The van der Waals surface area contributed by atoms with Gasteiger partial charge in [-0.25, -0.2) is 0 Å². The summed E-state index contributed by atoms with van der Waals surface area (Å²) in [7, 11) is 1.31. The topological polar surface area (TPSA) is 273 Å². The Morgan fingerprint density at radius 1 is 0.829 bits per heavy atom. The van der Waals surface area contributed by atoms with Crippen molar-refractivity contribution in [3.05, 3.63) is 0 Å². The number of methoxy groups -OCH3 is 1. The maximum atomic E-state index is 10.8. The van der Waals surface area contributed by atoms with Crippen molar-refractivity contribution < 1.29 is 79.1 Å². The van der Waals surface area contributed by atoms with Crippen LogP contribution in [-0.2, 0) is 33.2 Å². The summed E-state index contributed by atoms with van der Waals surface area (Å²) in [6.45, 7) is -2.55. The van der Waals surface area contributed by atoms with Gasteiger partial charge in [-0.05, 0) is 0 Å². The molecule has 0 amide bonds. The molecule has 0 radical (unpaired) electrons. The number of rotatable bonds is 13. The Morgan fingerprint density at radius 2 is 1.37 bits per heavy atom. The summed E-state index contributed by atoms with van der Waals surface area (Å²) >= 11 is 0. The fourth-order valence-electron chi connectivity index (χ4n) is 3.51. The van der Waals surface area contributed by atoms with Crippen LogP contribution >= 0.6 is 0 Å². The standard InChI is InChI=1S/C18H35NO16/c1-29-5-30-16-11(25)13(9(23)6(2-20)31-16)34-17-12(26)14(10(24)7(3-21)32-17)35-18(15(27)28)33-8(19)4-22/h6-18,20-28H,2-5,19H2,1H3. The van der Waals surface area contributed by atoms with Crippen molar-refractivity contribution in [3.63, 3.8) is 0 Å². The third-order valence-electron chi connectivity index (χ3n) is 5.31. The molecule has 35 heavy (non-hydrogen) atoms. The molecule has 2 aliphatic rings. The molecule has 0 bridgehead atoms. The van der Waals surface area contributed by atoms with Crippen molar-refractivity contribution in [2.45, 2.75) is 80.2 Å². The Balaban J connectivity index is 2.23. The monoisotopic (exact) mass is 521 g/mol. The summed E-state index contributed by atoms with van der Waals surface area (Å²) in [6.07, 6.45) is -22.0. The number of hydrogen-bond acceptors (Lipinski definition) is 17. The second-order valence-electron chi connectivity index (χ2n) is 7.83. The molecule has 17 nitrogen and oxygen atoms in total. The minimum Gasteiger partial charge on any atom is -0.394 e. The van der Waals surface area contributed by atoms with Crippen molar-refractivity contribution in [2.24, 2.45) is 5.73 Å². The minimum absolute atomic E-state index is 0.319. The van der Waals surface area contributed by atoms with Gasteiger partial charge in [0.1, 0.15) is 61.9 Å². The number of aliphatic hydroxyl groups is 9. The molecule has 0 aliphatic carbocycles. The lowest BCUT2D eigenvalue weighted by Gasteiger charge is -2.47. The molecule has 0 aromatic heterocycles. The van der Waals surface area contributed by atoms with Crippen LogP contribution < -0.4 is 5.73 Å². The number of aliphatic hydroxyl groups excluding tert-OH is 8. The minimum atomic E-state index is -2.33. The highest BCUT2D eigenvalue weighted by Crippen LogP contribution is 2.31. The van der Waals surface area contributed by atoms with E-state index in [1.165, 1.54) is 7.11 Å². The van der Waals surface area contributed by atoms with Gasteiger partial charge < -0.3 is 84.9 Å². The van der Waals surface area contributed by atoms with Crippen LogP contribution in [0.3, 0.4) is 0 Å². The Kier molecular flexibility index (Phi) is 12.5. The van der Waals surface area contributed by atoms with Crippen LogP contribution in [0.4, 0.5) is 0 Å². The predicted octanol–water partition coefficient (Wildman–Crippen LogP) is -6.81. The Hall–Kier alpha value is -0.680. The molecule has 0 aromatic rings. The van der Waals surface area contributed by atoms with Gasteiger partial charge in [0.05, 0.1) is 19.8 Å². The molecule has 12 unspecified atom stereocenters. The van der Waals surface area contributed by atoms with E-state index in [-0.39, 0.29) is 6.79 Å². The fraction of sp³-hybridized carbons (Fsp3) is 1.00. The molecule has 11 N–H and O–H groups in total. The van der Waals surface area contributed by atoms with Gasteiger partial charge in [-0.3, -0.25) is 0 Å². The lowest BCUT2D eigenvalue weighted by molar-refractivity contribution is -0.380. The predicted molar refractivity (Wildman–Crippen MR) is 106 cm³/mol. The molecule has 0 aromatic carbocycles. The van der Waals surface area contributed by atoms with Crippen LogP contribution in [0.15, 0.2) is 0 Å². The fourth-order valence-corrected chi connectivity index (χ4v) is 3.51. The zero-order chi connectivity index (χ0) is 26.3. The first-order valence-electron chi connectivity index (χ1n) is 10.6. The van der Waals surface area contributed by atoms with E-state index in [2.05, 4.69) is 0 Å². The first kappa shape index (κ1) is 30.5. The molecule has 12 atom stereocenters. The van der Waals surface area contributed by atoms with E-state index in [0.29, 0.717) is 0 Å². The first-order chi connectivity index (χ1) is 16.6. The maximum absolute atomic E-state index is 10.8. The van der Waals surface area contributed by atoms with Gasteiger partial charge in [0.25, 0.3) is 0 Å². The van der Waals surface area contributed by atoms with Gasteiger partial charge in [0, 0.05) is 7.11 Å². The van der Waals surface area contributed by atoms with Gasteiger partial charge in [-0.15, -0.1) is 0 Å². The van der Waals surface area contributed by atoms with Crippen molar-refractivity contribution in [1.82, 2.24) is 0 Å².